The fourth-order valence-electron chi connectivity index (χ4n) is 3.42. The maximum absolute atomic E-state index is 12.9. The first-order valence-electron chi connectivity index (χ1n) is 10.8. The molecule has 1 fully saturated rings. The molecule has 8 heteroatoms. The quantitative estimate of drug-likeness (QED) is 0.290. The van der Waals surface area contributed by atoms with Crippen LogP contribution in [0, 0.1) is 0 Å². The van der Waals surface area contributed by atoms with Gasteiger partial charge < -0.3 is 10.4 Å². The summed E-state index contributed by atoms with van der Waals surface area (Å²) in [6.45, 7) is 2.09. The van der Waals surface area contributed by atoms with E-state index in [9.17, 15) is 14.4 Å². The highest BCUT2D eigenvalue weighted by atomic mass is 32.2. The third-order valence-corrected chi connectivity index (χ3v) is 6.60. The minimum absolute atomic E-state index is 0.127. The van der Waals surface area contributed by atoms with E-state index in [0.717, 1.165) is 16.7 Å². The van der Waals surface area contributed by atoms with Gasteiger partial charge in [0, 0.05) is 13.0 Å². The molecule has 0 radical (unpaired) electrons. The van der Waals surface area contributed by atoms with Gasteiger partial charge in [0.1, 0.15) is 10.4 Å². The van der Waals surface area contributed by atoms with Crippen LogP contribution >= 0.6 is 24.0 Å². The number of carboxylic acid groups (broad SMARTS) is 1. The summed E-state index contributed by atoms with van der Waals surface area (Å²) < 4.78 is 0.358. The molecule has 1 saturated heterocycles. The maximum atomic E-state index is 12.9. The summed E-state index contributed by atoms with van der Waals surface area (Å²) in [5.74, 6) is -1.37. The van der Waals surface area contributed by atoms with E-state index in [1.165, 1.54) is 16.7 Å². The van der Waals surface area contributed by atoms with Crippen molar-refractivity contribution in [2.45, 2.75) is 38.6 Å². The van der Waals surface area contributed by atoms with Gasteiger partial charge >= 0.3 is 5.97 Å². The first kappa shape index (κ1) is 24.7. The second kappa shape index (κ2) is 11.8. The number of nitrogens with one attached hydrogen (secondary N) is 1. The van der Waals surface area contributed by atoms with Crippen molar-refractivity contribution in [1.82, 2.24) is 10.2 Å². The van der Waals surface area contributed by atoms with Crippen molar-refractivity contribution < 1.29 is 19.5 Å². The third kappa shape index (κ3) is 6.76. The van der Waals surface area contributed by atoms with E-state index in [-0.39, 0.29) is 18.2 Å². The Morgan fingerprint density at radius 3 is 2.39 bits per heavy atom. The average molecular weight is 483 g/mol. The number of carbonyl (C=O) groups excluding carboxylic acids is 2. The SMILES string of the molecule is CC(C(=O)NCCCCCC(=O)O)N1C(=O)/C(=C/c2ccc(-c3ccccc3)cc2)SC1=S. The van der Waals surface area contributed by atoms with Crippen LogP contribution in [0.1, 0.15) is 38.2 Å². The highest BCUT2D eigenvalue weighted by Crippen LogP contribution is 2.34. The third-order valence-electron chi connectivity index (χ3n) is 5.27. The molecular formula is C25H26N2O4S2. The number of thiocarbonyl (C=S) groups is 1. The van der Waals surface area contributed by atoms with Crippen LogP contribution in [-0.4, -0.2) is 44.7 Å². The Labute approximate surface area is 203 Å². The van der Waals surface area contributed by atoms with E-state index < -0.39 is 12.0 Å². The van der Waals surface area contributed by atoms with Gasteiger partial charge in [-0.2, -0.15) is 0 Å². The number of carbonyl (C=O) groups is 3. The van der Waals surface area contributed by atoms with Gasteiger partial charge in [-0.3, -0.25) is 19.3 Å². The molecule has 172 valence electrons. The predicted octanol–water partition coefficient (Wildman–Crippen LogP) is 4.70. The number of rotatable bonds is 10. The predicted molar refractivity (Wildman–Crippen MR) is 135 cm³/mol. The van der Waals surface area contributed by atoms with Crippen LogP contribution in [-0.2, 0) is 14.4 Å². The first-order chi connectivity index (χ1) is 15.9. The normalized spacial score (nSPS) is 15.7. The number of hydrogen-bond donors (Lipinski definition) is 2. The topological polar surface area (TPSA) is 86.7 Å². The van der Waals surface area contributed by atoms with Crippen molar-refractivity contribution in [1.29, 1.82) is 0 Å². The summed E-state index contributed by atoms with van der Waals surface area (Å²) in [5.41, 5.74) is 3.10. The Hall–Kier alpha value is -2.97. The zero-order chi connectivity index (χ0) is 23.8. The van der Waals surface area contributed by atoms with Gasteiger partial charge in [-0.05, 0) is 42.5 Å². The van der Waals surface area contributed by atoms with Gasteiger partial charge in [0.25, 0.3) is 5.91 Å². The highest BCUT2D eigenvalue weighted by Gasteiger charge is 2.38. The van der Waals surface area contributed by atoms with E-state index in [2.05, 4.69) is 5.32 Å². The van der Waals surface area contributed by atoms with Crippen LogP contribution in [0.25, 0.3) is 17.2 Å². The molecule has 0 saturated carbocycles. The van der Waals surface area contributed by atoms with Crippen molar-refractivity contribution in [3.63, 3.8) is 0 Å². The number of thioether (sulfide) groups is 1. The molecule has 6 nitrogen and oxygen atoms in total. The van der Waals surface area contributed by atoms with Crippen molar-refractivity contribution in [2.75, 3.05) is 6.54 Å². The molecule has 0 aliphatic carbocycles. The van der Waals surface area contributed by atoms with Crippen LogP contribution < -0.4 is 5.32 Å². The zero-order valence-electron chi connectivity index (χ0n) is 18.3. The second-order valence-electron chi connectivity index (χ2n) is 7.71. The molecule has 1 atom stereocenters. The molecule has 33 heavy (non-hydrogen) atoms. The zero-order valence-corrected chi connectivity index (χ0v) is 20.0. The van der Waals surface area contributed by atoms with E-state index in [0.29, 0.717) is 35.0 Å². The lowest BCUT2D eigenvalue weighted by Crippen LogP contribution is -2.47. The summed E-state index contributed by atoms with van der Waals surface area (Å²) in [5, 5.41) is 11.5. The molecule has 2 N–H and O–H groups in total. The molecule has 2 aromatic carbocycles. The highest BCUT2D eigenvalue weighted by molar-refractivity contribution is 8.26. The molecule has 1 heterocycles. The molecule has 3 rings (SSSR count). The van der Waals surface area contributed by atoms with Crippen LogP contribution in [0.15, 0.2) is 59.5 Å². The standard InChI is InChI=1S/C25H26N2O4S2/c1-17(23(30)26-15-7-3-6-10-22(28)29)27-24(31)21(33-25(27)32)16-18-11-13-20(14-12-18)19-8-4-2-5-9-19/h2,4-5,8-9,11-14,16-17H,3,6-7,10,15H2,1H3,(H,26,30)(H,28,29)/b21-16-. The molecule has 1 aliphatic heterocycles. The fourth-order valence-corrected chi connectivity index (χ4v) is 4.84. The Morgan fingerprint density at radius 2 is 1.73 bits per heavy atom. The first-order valence-corrected chi connectivity index (χ1v) is 12.0. The molecule has 2 amide bonds. The van der Waals surface area contributed by atoms with Crippen LogP contribution in [0.2, 0.25) is 0 Å². The minimum atomic E-state index is -0.817. The number of carboxylic acids is 1. The van der Waals surface area contributed by atoms with E-state index in [4.69, 9.17) is 17.3 Å². The van der Waals surface area contributed by atoms with Gasteiger partial charge in [-0.1, -0.05) is 85.0 Å². The van der Waals surface area contributed by atoms with Gasteiger partial charge in [0.05, 0.1) is 4.91 Å². The Bertz CT molecular complexity index is 1050. The number of hydrogen-bond acceptors (Lipinski definition) is 5. The summed E-state index contributed by atoms with van der Waals surface area (Å²) in [6, 6.07) is 17.3. The lowest BCUT2D eigenvalue weighted by atomic mass is 10.0. The molecule has 2 aromatic rings. The number of unbranched alkanes of at least 4 members (excludes halogenated alkanes) is 2. The van der Waals surface area contributed by atoms with Crippen LogP contribution in [0.5, 0.6) is 0 Å². The van der Waals surface area contributed by atoms with Crippen LogP contribution in [0.4, 0.5) is 0 Å². The summed E-state index contributed by atoms with van der Waals surface area (Å²) in [4.78, 5) is 37.8. The van der Waals surface area contributed by atoms with Gasteiger partial charge in [0.2, 0.25) is 5.91 Å². The minimum Gasteiger partial charge on any atom is -0.481 e. The largest absolute Gasteiger partial charge is 0.481 e. The summed E-state index contributed by atoms with van der Waals surface area (Å²) in [6.07, 6.45) is 3.90. The lowest BCUT2D eigenvalue weighted by molar-refractivity contribution is -0.137. The van der Waals surface area contributed by atoms with Crippen LogP contribution in [0.3, 0.4) is 0 Å². The Balaban J connectivity index is 1.57. The van der Waals surface area contributed by atoms with Gasteiger partial charge in [-0.25, -0.2) is 0 Å². The second-order valence-corrected chi connectivity index (χ2v) is 9.39. The summed E-state index contributed by atoms with van der Waals surface area (Å²) >= 11 is 6.57. The molecule has 0 bridgehead atoms. The number of amides is 2. The lowest BCUT2D eigenvalue weighted by Gasteiger charge is -2.22. The Kier molecular flexibility index (Phi) is 8.79. The smallest absolute Gasteiger partial charge is 0.303 e. The molecular weight excluding hydrogens is 456 g/mol. The summed E-state index contributed by atoms with van der Waals surface area (Å²) in [7, 11) is 0. The van der Waals surface area contributed by atoms with E-state index in [1.807, 2.05) is 54.6 Å². The molecule has 1 aliphatic rings. The fraction of sp³-hybridized carbons (Fsp3) is 0.280. The molecule has 1 unspecified atom stereocenters. The molecule has 0 spiro atoms. The van der Waals surface area contributed by atoms with Crippen molar-refractivity contribution in [3.05, 3.63) is 65.1 Å². The number of nitrogens with zero attached hydrogens (tertiary/aromatic N) is 1. The van der Waals surface area contributed by atoms with Gasteiger partial charge in [0.15, 0.2) is 0 Å². The molecule has 0 aromatic heterocycles. The monoisotopic (exact) mass is 482 g/mol. The van der Waals surface area contributed by atoms with E-state index >= 15 is 0 Å². The number of aliphatic carboxylic acids is 1. The Morgan fingerprint density at radius 1 is 1.06 bits per heavy atom. The average Bonchev–Trinajstić information content (AvgIpc) is 3.09. The van der Waals surface area contributed by atoms with Crippen molar-refractivity contribution in [3.8, 4) is 11.1 Å². The van der Waals surface area contributed by atoms with Crippen molar-refractivity contribution in [2.24, 2.45) is 0 Å². The van der Waals surface area contributed by atoms with E-state index in [1.54, 1.807) is 13.0 Å². The maximum Gasteiger partial charge on any atom is 0.303 e. The van der Waals surface area contributed by atoms with Crippen molar-refractivity contribution >= 4 is 52.2 Å². The number of benzene rings is 2. The van der Waals surface area contributed by atoms with Gasteiger partial charge in [-0.15, -0.1) is 0 Å².